The molecule has 1 aliphatic rings. The van der Waals surface area contributed by atoms with E-state index in [9.17, 15) is 9.59 Å². The summed E-state index contributed by atoms with van der Waals surface area (Å²) in [6, 6.07) is 5.33. The third-order valence-electron chi connectivity index (χ3n) is 6.33. The minimum absolute atomic E-state index is 0.0176. The molecule has 2 heterocycles. The van der Waals surface area contributed by atoms with Gasteiger partial charge in [-0.1, -0.05) is 6.07 Å². The topological polar surface area (TPSA) is 118 Å². The van der Waals surface area contributed by atoms with Gasteiger partial charge in [-0.2, -0.15) is 0 Å². The van der Waals surface area contributed by atoms with Crippen LogP contribution in [0.15, 0.2) is 30.6 Å². The minimum Gasteiger partial charge on any atom is -0.495 e. The molecule has 174 valence electrons. The number of aromatic nitrogens is 3. The Morgan fingerprint density at radius 1 is 1.24 bits per heavy atom. The zero-order chi connectivity index (χ0) is 23.5. The highest BCUT2D eigenvalue weighted by atomic mass is 16.5. The lowest BCUT2D eigenvalue weighted by Crippen LogP contribution is -2.29. The van der Waals surface area contributed by atoms with Crippen LogP contribution in [0.5, 0.6) is 5.75 Å². The van der Waals surface area contributed by atoms with Gasteiger partial charge in [0, 0.05) is 37.3 Å². The van der Waals surface area contributed by atoms with Crippen molar-refractivity contribution >= 4 is 23.2 Å². The first-order valence-corrected chi connectivity index (χ1v) is 11.1. The molecule has 3 aromatic rings. The second kappa shape index (κ2) is 9.48. The number of methoxy groups -OCH3 is 1. The zero-order valence-electron chi connectivity index (χ0n) is 19.1. The number of fused-ring (bicyclic) bond motifs is 1. The predicted octanol–water partition coefficient (Wildman–Crippen LogP) is 4.21. The van der Waals surface area contributed by atoms with E-state index in [2.05, 4.69) is 20.0 Å². The maximum absolute atomic E-state index is 11.2. The number of amides is 2. The second-order valence-electron chi connectivity index (χ2n) is 8.55. The van der Waals surface area contributed by atoms with Crippen LogP contribution in [0.1, 0.15) is 50.0 Å². The van der Waals surface area contributed by atoms with Crippen molar-refractivity contribution in [1.82, 2.24) is 19.7 Å². The van der Waals surface area contributed by atoms with Crippen LogP contribution in [0, 0.1) is 12.8 Å². The van der Waals surface area contributed by atoms with Gasteiger partial charge >= 0.3 is 6.09 Å². The molecule has 0 unspecified atom stereocenters. The standard InChI is InChI=1S/C24H29N5O4/c1-14-22-21(18-8-9-19(27-24(31)32)20(12-18)33-3)28-23(29(22)11-10-25-14)17-6-4-16(5-7-17)13-26-15(2)30/h8-12,16-17,27H,4-7,13H2,1-3H3,(H,26,30)(H,31,32)/t16-,17-. The van der Waals surface area contributed by atoms with Gasteiger partial charge in [-0.15, -0.1) is 0 Å². The highest BCUT2D eigenvalue weighted by molar-refractivity contribution is 5.88. The molecule has 0 saturated heterocycles. The summed E-state index contributed by atoms with van der Waals surface area (Å²) >= 11 is 0. The Hall–Kier alpha value is -3.62. The van der Waals surface area contributed by atoms with Crippen LogP contribution in [0.3, 0.4) is 0 Å². The third-order valence-corrected chi connectivity index (χ3v) is 6.33. The van der Waals surface area contributed by atoms with Crippen LogP contribution in [0.25, 0.3) is 16.8 Å². The van der Waals surface area contributed by atoms with Gasteiger partial charge in [0.15, 0.2) is 0 Å². The molecule has 0 atom stereocenters. The van der Waals surface area contributed by atoms with E-state index in [0.717, 1.165) is 60.5 Å². The van der Waals surface area contributed by atoms with Crippen molar-refractivity contribution in [3.8, 4) is 17.0 Å². The lowest BCUT2D eigenvalue weighted by Gasteiger charge is -2.27. The number of anilines is 1. The molecular weight excluding hydrogens is 422 g/mol. The zero-order valence-corrected chi connectivity index (χ0v) is 19.1. The summed E-state index contributed by atoms with van der Waals surface area (Å²) in [5.41, 5.74) is 3.83. The Labute approximate surface area is 192 Å². The van der Waals surface area contributed by atoms with Gasteiger partial charge in [0.1, 0.15) is 11.6 Å². The number of carbonyl (C=O) groups is 2. The molecule has 0 radical (unpaired) electrons. The summed E-state index contributed by atoms with van der Waals surface area (Å²) in [5, 5.41) is 14.4. The molecule has 2 aromatic heterocycles. The summed E-state index contributed by atoms with van der Waals surface area (Å²) in [7, 11) is 1.51. The number of benzene rings is 1. The third kappa shape index (κ3) is 4.76. The number of nitrogens with one attached hydrogen (secondary N) is 2. The summed E-state index contributed by atoms with van der Waals surface area (Å²) in [4.78, 5) is 31.9. The molecule has 1 aliphatic carbocycles. The van der Waals surface area contributed by atoms with Gasteiger partial charge in [-0.25, -0.2) is 9.78 Å². The van der Waals surface area contributed by atoms with E-state index in [1.54, 1.807) is 25.3 Å². The molecule has 1 aromatic carbocycles. The van der Waals surface area contributed by atoms with Gasteiger partial charge in [0.05, 0.1) is 29.7 Å². The Kier molecular flexibility index (Phi) is 6.48. The fraction of sp³-hybridized carbons (Fsp3) is 0.417. The fourth-order valence-electron chi connectivity index (χ4n) is 4.68. The Morgan fingerprint density at radius 3 is 2.67 bits per heavy atom. The molecule has 1 saturated carbocycles. The first-order chi connectivity index (χ1) is 15.9. The summed E-state index contributed by atoms with van der Waals surface area (Å²) in [5.74, 6) is 2.27. The van der Waals surface area contributed by atoms with Gasteiger partial charge in [-0.05, 0) is 50.7 Å². The maximum Gasteiger partial charge on any atom is 0.409 e. The molecule has 3 N–H and O–H groups in total. The number of hydrogen-bond acceptors (Lipinski definition) is 5. The van der Waals surface area contributed by atoms with E-state index in [1.165, 1.54) is 7.11 Å². The monoisotopic (exact) mass is 451 g/mol. The molecule has 9 nitrogen and oxygen atoms in total. The highest BCUT2D eigenvalue weighted by Gasteiger charge is 2.27. The highest BCUT2D eigenvalue weighted by Crippen LogP contribution is 2.39. The first kappa shape index (κ1) is 22.6. The van der Waals surface area contributed by atoms with E-state index >= 15 is 0 Å². The summed E-state index contributed by atoms with van der Waals surface area (Å²) in [6.45, 7) is 4.25. The van der Waals surface area contributed by atoms with E-state index in [-0.39, 0.29) is 5.91 Å². The predicted molar refractivity (Wildman–Crippen MR) is 125 cm³/mol. The molecule has 33 heavy (non-hydrogen) atoms. The Bertz CT molecular complexity index is 1180. The van der Waals surface area contributed by atoms with E-state index < -0.39 is 6.09 Å². The van der Waals surface area contributed by atoms with Gasteiger partial charge < -0.3 is 15.2 Å². The lowest BCUT2D eigenvalue weighted by molar-refractivity contribution is -0.119. The van der Waals surface area contributed by atoms with Gasteiger partial charge in [-0.3, -0.25) is 19.5 Å². The van der Waals surface area contributed by atoms with Crippen molar-refractivity contribution in [2.24, 2.45) is 5.92 Å². The van der Waals surface area contributed by atoms with Crippen LogP contribution < -0.4 is 15.4 Å². The largest absolute Gasteiger partial charge is 0.495 e. The average Bonchev–Trinajstić information content (AvgIpc) is 3.19. The molecule has 1 fully saturated rings. The van der Waals surface area contributed by atoms with Crippen molar-refractivity contribution in [2.75, 3.05) is 19.0 Å². The molecule has 0 spiro atoms. The van der Waals surface area contributed by atoms with E-state index in [0.29, 0.717) is 23.3 Å². The molecule has 4 rings (SSSR count). The number of ether oxygens (including phenoxy) is 1. The summed E-state index contributed by atoms with van der Waals surface area (Å²) in [6.07, 6.45) is 6.70. The normalized spacial score (nSPS) is 18.2. The minimum atomic E-state index is -1.15. The number of hydrogen-bond donors (Lipinski definition) is 3. The van der Waals surface area contributed by atoms with Crippen LogP contribution >= 0.6 is 0 Å². The molecule has 0 aliphatic heterocycles. The van der Waals surface area contributed by atoms with Gasteiger partial charge in [0.25, 0.3) is 0 Å². The molecular formula is C24H29N5O4. The number of rotatable bonds is 6. The van der Waals surface area contributed by atoms with Crippen molar-refractivity contribution in [1.29, 1.82) is 0 Å². The van der Waals surface area contributed by atoms with Crippen molar-refractivity contribution in [3.63, 3.8) is 0 Å². The van der Waals surface area contributed by atoms with Crippen LogP contribution in [-0.2, 0) is 4.79 Å². The number of carbonyl (C=O) groups excluding carboxylic acids is 1. The smallest absolute Gasteiger partial charge is 0.409 e. The van der Waals surface area contributed by atoms with Crippen molar-refractivity contribution < 1.29 is 19.4 Å². The van der Waals surface area contributed by atoms with E-state index in [4.69, 9.17) is 14.8 Å². The van der Waals surface area contributed by atoms with Crippen LogP contribution in [-0.4, -0.2) is 45.1 Å². The second-order valence-corrected chi connectivity index (χ2v) is 8.55. The van der Waals surface area contributed by atoms with E-state index in [1.807, 2.05) is 19.2 Å². The van der Waals surface area contributed by atoms with Crippen LogP contribution in [0.2, 0.25) is 0 Å². The number of imidazole rings is 1. The van der Waals surface area contributed by atoms with Crippen molar-refractivity contribution in [3.05, 3.63) is 42.1 Å². The number of nitrogens with zero attached hydrogens (tertiary/aromatic N) is 3. The quantitative estimate of drug-likeness (QED) is 0.517. The molecule has 0 bridgehead atoms. The number of aryl methyl sites for hydroxylation is 1. The molecule has 9 heteroatoms. The van der Waals surface area contributed by atoms with Crippen LogP contribution in [0.4, 0.5) is 10.5 Å². The van der Waals surface area contributed by atoms with Gasteiger partial charge in [0.2, 0.25) is 5.91 Å². The molecule has 2 amide bonds. The fourth-order valence-corrected chi connectivity index (χ4v) is 4.68. The Balaban J connectivity index is 1.68. The summed E-state index contributed by atoms with van der Waals surface area (Å²) < 4.78 is 7.55. The Morgan fingerprint density at radius 2 is 2.00 bits per heavy atom. The number of carboxylic acid groups (broad SMARTS) is 1. The first-order valence-electron chi connectivity index (χ1n) is 11.1. The average molecular weight is 452 g/mol. The lowest BCUT2D eigenvalue weighted by atomic mass is 9.81. The maximum atomic E-state index is 11.2. The van der Waals surface area contributed by atoms with Crippen molar-refractivity contribution in [2.45, 2.75) is 45.4 Å². The SMILES string of the molecule is COc1cc(-c2nc([C@H]3CC[C@H](CNC(C)=O)CC3)n3ccnc(C)c23)ccc1NC(=O)O.